The van der Waals surface area contributed by atoms with Crippen LogP contribution in [0.25, 0.3) is 16.3 Å². The van der Waals surface area contributed by atoms with Gasteiger partial charge in [0, 0.05) is 5.56 Å². The van der Waals surface area contributed by atoms with Gasteiger partial charge in [-0.25, -0.2) is 4.39 Å². The van der Waals surface area contributed by atoms with Gasteiger partial charge in [-0.15, -0.1) is 10.2 Å². The van der Waals surface area contributed by atoms with Crippen LogP contribution in [0.2, 0.25) is 0 Å². The first-order valence-corrected chi connectivity index (χ1v) is 8.76. The van der Waals surface area contributed by atoms with Gasteiger partial charge in [-0.2, -0.15) is 9.61 Å². The maximum atomic E-state index is 13.5. The molecular formula is C18H15FN4OS. The van der Waals surface area contributed by atoms with Gasteiger partial charge >= 0.3 is 0 Å². The third-order valence-corrected chi connectivity index (χ3v) is 4.75. The molecule has 2 aromatic heterocycles. The number of halogens is 1. The summed E-state index contributed by atoms with van der Waals surface area (Å²) in [5.41, 5.74) is 0.640. The molecule has 2 aromatic carbocycles. The molecule has 2 heterocycles. The van der Waals surface area contributed by atoms with Crippen molar-refractivity contribution in [3.05, 3.63) is 65.4 Å². The standard InChI is InChI=1S/C18H15FN4OS/c1-2-15(24-14-9-4-3-5-10-14)17-22-23-16(20-21-18(23)25-17)12-7-6-8-13(19)11-12/h3-11,15H,2H2,1H3. The zero-order valence-electron chi connectivity index (χ0n) is 13.5. The van der Waals surface area contributed by atoms with Crippen LogP contribution in [0.15, 0.2) is 54.6 Å². The van der Waals surface area contributed by atoms with Gasteiger partial charge in [0.05, 0.1) is 0 Å². The fourth-order valence-corrected chi connectivity index (χ4v) is 3.49. The van der Waals surface area contributed by atoms with Gasteiger partial charge in [0.1, 0.15) is 11.6 Å². The van der Waals surface area contributed by atoms with Crippen molar-refractivity contribution in [2.24, 2.45) is 0 Å². The lowest BCUT2D eigenvalue weighted by Crippen LogP contribution is -2.07. The third-order valence-electron chi connectivity index (χ3n) is 3.76. The van der Waals surface area contributed by atoms with Crippen LogP contribution in [0, 0.1) is 5.82 Å². The average Bonchev–Trinajstić information content (AvgIpc) is 3.21. The van der Waals surface area contributed by atoms with E-state index in [4.69, 9.17) is 4.74 Å². The van der Waals surface area contributed by atoms with Crippen molar-refractivity contribution in [2.45, 2.75) is 19.4 Å². The van der Waals surface area contributed by atoms with E-state index < -0.39 is 0 Å². The van der Waals surface area contributed by atoms with Crippen molar-refractivity contribution in [2.75, 3.05) is 0 Å². The molecule has 0 N–H and O–H groups in total. The van der Waals surface area contributed by atoms with E-state index in [-0.39, 0.29) is 11.9 Å². The molecule has 0 aliphatic rings. The van der Waals surface area contributed by atoms with Gasteiger partial charge in [-0.05, 0) is 30.7 Å². The highest BCUT2D eigenvalue weighted by Gasteiger charge is 2.20. The number of nitrogens with zero attached hydrogens (tertiary/aromatic N) is 4. The van der Waals surface area contributed by atoms with Crippen molar-refractivity contribution in [3.63, 3.8) is 0 Å². The molecular weight excluding hydrogens is 339 g/mol. The molecule has 126 valence electrons. The summed E-state index contributed by atoms with van der Waals surface area (Å²) >= 11 is 1.43. The molecule has 0 amide bonds. The zero-order chi connectivity index (χ0) is 17.2. The van der Waals surface area contributed by atoms with Crippen LogP contribution < -0.4 is 4.74 Å². The molecule has 1 atom stereocenters. The predicted molar refractivity (Wildman–Crippen MR) is 94.2 cm³/mol. The van der Waals surface area contributed by atoms with E-state index in [9.17, 15) is 4.39 Å². The first kappa shape index (κ1) is 15.7. The van der Waals surface area contributed by atoms with Crippen molar-refractivity contribution >= 4 is 16.3 Å². The summed E-state index contributed by atoms with van der Waals surface area (Å²) in [4.78, 5) is 0.657. The largest absolute Gasteiger partial charge is 0.483 e. The van der Waals surface area contributed by atoms with Crippen LogP contribution in [0.3, 0.4) is 0 Å². The number of fused-ring (bicyclic) bond motifs is 1. The third kappa shape index (κ3) is 3.10. The van der Waals surface area contributed by atoms with Crippen molar-refractivity contribution < 1.29 is 9.13 Å². The van der Waals surface area contributed by atoms with Gasteiger partial charge in [0.15, 0.2) is 16.9 Å². The lowest BCUT2D eigenvalue weighted by molar-refractivity contribution is 0.199. The lowest BCUT2D eigenvalue weighted by Gasteiger charge is -2.14. The molecule has 0 aliphatic carbocycles. The van der Waals surface area contributed by atoms with E-state index in [2.05, 4.69) is 15.3 Å². The van der Waals surface area contributed by atoms with Gasteiger partial charge < -0.3 is 4.74 Å². The quantitative estimate of drug-likeness (QED) is 0.529. The Morgan fingerprint density at radius 3 is 2.72 bits per heavy atom. The molecule has 4 rings (SSSR count). The van der Waals surface area contributed by atoms with Crippen LogP contribution in [0.4, 0.5) is 4.39 Å². The van der Waals surface area contributed by atoms with E-state index in [0.29, 0.717) is 16.3 Å². The summed E-state index contributed by atoms with van der Waals surface area (Å²) in [6.45, 7) is 2.05. The molecule has 5 nitrogen and oxygen atoms in total. The molecule has 0 radical (unpaired) electrons. The van der Waals surface area contributed by atoms with Crippen LogP contribution in [0.5, 0.6) is 5.75 Å². The Kier molecular flexibility index (Phi) is 4.15. The number of hydrogen-bond acceptors (Lipinski definition) is 5. The maximum absolute atomic E-state index is 13.5. The Balaban J connectivity index is 1.69. The zero-order valence-corrected chi connectivity index (χ0v) is 14.3. The van der Waals surface area contributed by atoms with Crippen LogP contribution in [0.1, 0.15) is 24.5 Å². The highest BCUT2D eigenvalue weighted by Crippen LogP contribution is 2.29. The molecule has 0 spiro atoms. The molecule has 0 aliphatic heterocycles. The summed E-state index contributed by atoms with van der Waals surface area (Å²) < 4.78 is 21.2. The average molecular weight is 354 g/mol. The maximum Gasteiger partial charge on any atom is 0.235 e. The van der Waals surface area contributed by atoms with Gasteiger partial charge in [0.2, 0.25) is 4.96 Å². The van der Waals surface area contributed by atoms with Gasteiger partial charge in [0.25, 0.3) is 0 Å². The smallest absolute Gasteiger partial charge is 0.235 e. The SMILES string of the molecule is CCC(Oc1ccccc1)c1nn2c(-c3cccc(F)c3)nnc2s1. The van der Waals surface area contributed by atoms with Gasteiger partial charge in [-0.3, -0.25) is 0 Å². The normalized spacial score (nSPS) is 12.4. The first-order valence-electron chi connectivity index (χ1n) is 7.94. The Hall–Kier alpha value is -2.80. The number of para-hydroxylation sites is 1. The summed E-state index contributed by atoms with van der Waals surface area (Å²) in [5, 5.41) is 13.7. The Labute approximate surface area is 147 Å². The summed E-state index contributed by atoms with van der Waals surface area (Å²) in [7, 11) is 0. The minimum absolute atomic E-state index is 0.172. The molecule has 7 heteroatoms. The molecule has 0 saturated carbocycles. The second kappa shape index (κ2) is 6.60. The van der Waals surface area contributed by atoms with E-state index >= 15 is 0 Å². The summed E-state index contributed by atoms with van der Waals surface area (Å²) in [6.07, 6.45) is 0.600. The van der Waals surface area contributed by atoms with E-state index in [1.807, 2.05) is 37.3 Å². The Bertz CT molecular complexity index is 999. The lowest BCUT2D eigenvalue weighted by atomic mass is 10.2. The minimum Gasteiger partial charge on any atom is -0.483 e. The monoisotopic (exact) mass is 354 g/mol. The topological polar surface area (TPSA) is 52.3 Å². The predicted octanol–water partition coefficient (Wildman–Crippen LogP) is 4.52. The van der Waals surface area contributed by atoms with E-state index in [0.717, 1.165) is 17.2 Å². The second-order valence-corrected chi connectivity index (χ2v) is 6.48. The Morgan fingerprint density at radius 1 is 1.12 bits per heavy atom. The number of ether oxygens (including phenoxy) is 1. The van der Waals surface area contributed by atoms with E-state index in [1.54, 1.807) is 16.6 Å². The number of aromatic nitrogens is 4. The van der Waals surface area contributed by atoms with Crippen molar-refractivity contribution in [1.82, 2.24) is 19.8 Å². The fraction of sp³-hybridized carbons (Fsp3) is 0.167. The second-order valence-electron chi connectivity index (χ2n) is 5.50. The molecule has 0 saturated heterocycles. The number of hydrogen-bond donors (Lipinski definition) is 0. The van der Waals surface area contributed by atoms with Crippen molar-refractivity contribution in [3.8, 4) is 17.1 Å². The molecule has 25 heavy (non-hydrogen) atoms. The summed E-state index contributed by atoms with van der Waals surface area (Å²) in [6, 6.07) is 15.9. The van der Waals surface area contributed by atoms with E-state index in [1.165, 1.54) is 23.5 Å². The molecule has 0 fully saturated rings. The number of rotatable bonds is 5. The fourth-order valence-electron chi connectivity index (χ4n) is 2.54. The minimum atomic E-state index is -0.316. The van der Waals surface area contributed by atoms with Crippen LogP contribution in [-0.4, -0.2) is 19.8 Å². The van der Waals surface area contributed by atoms with Crippen molar-refractivity contribution in [1.29, 1.82) is 0 Å². The highest BCUT2D eigenvalue weighted by atomic mass is 32.1. The Morgan fingerprint density at radius 2 is 1.96 bits per heavy atom. The summed E-state index contributed by atoms with van der Waals surface area (Å²) in [5.74, 6) is 1.00. The molecule has 1 unspecified atom stereocenters. The molecule has 0 bridgehead atoms. The molecule has 4 aromatic rings. The van der Waals surface area contributed by atoms with Gasteiger partial charge in [-0.1, -0.05) is 48.6 Å². The first-order chi connectivity index (χ1) is 12.2. The highest BCUT2D eigenvalue weighted by molar-refractivity contribution is 7.16. The van der Waals surface area contributed by atoms with Crippen LogP contribution >= 0.6 is 11.3 Å². The van der Waals surface area contributed by atoms with Crippen LogP contribution in [-0.2, 0) is 0 Å². The number of benzene rings is 2.